The van der Waals surface area contributed by atoms with Crippen LogP contribution in [0, 0.1) is 0 Å². The molecular weight excluding hydrogens is 408 g/mol. The van der Waals surface area contributed by atoms with Crippen molar-refractivity contribution in [3.8, 4) is 11.1 Å². The Morgan fingerprint density at radius 3 is 2.13 bits per heavy atom. The summed E-state index contributed by atoms with van der Waals surface area (Å²) >= 11 is 0. The molecule has 0 aliphatic carbocycles. The molecule has 0 aliphatic heterocycles. The van der Waals surface area contributed by atoms with Crippen molar-refractivity contribution in [2.45, 2.75) is 12.4 Å². The molecule has 156 valence electrons. The van der Waals surface area contributed by atoms with Gasteiger partial charge in [-0.3, -0.25) is 0 Å². The predicted octanol–water partition coefficient (Wildman–Crippen LogP) is 7.00. The van der Waals surface area contributed by atoms with Gasteiger partial charge in [0.05, 0.1) is 5.56 Å². The normalized spacial score (nSPS) is 11.8. The van der Waals surface area contributed by atoms with E-state index in [0.717, 1.165) is 12.1 Å². The van der Waals surface area contributed by atoms with Crippen LogP contribution in [0.5, 0.6) is 0 Å². The SMILES string of the molecule is C=C(Nc1cccc(-c2ccc(Nc3cccc(C(F)(F)F)c3)nc2)c1)C(F)(F)F. The summed E-state index contributed by atoms with van der Waals surface area (Å²) in [6.45, 7) is 2.97. The summed E-state index contributed by atoms with van der Waals surface area (Å²) in [6, 6.07) is 14.2. The third-order valence-corrected chi connectivity index (χ3v) is 4.06. The number of benzene rings is 2. The zero-order valence-corrected chi connectivity index (χ0v) is 15.3. The number of hydrogen-bond acceptors (Lipinski definition) is 3. The first-order chi connectivity index (χ1) is 14.0. The number of rotatable bonds is 5. The lowest BCUT2D eigenvalue weighted by molar-refractivity contribution is -0.137. The third kappa shape index (κ3) is 5.31. The van der Waals surface area contributed by atoms with E-state index in [1.54, 1.807) is 24.3 Å². The Labute approximate surface area is 168 Å². The Bertz CT molecular complexity index is 1040. The summed E-state index contributed by atoms with van der Waals surface area (Å²) in [5, 5.41) is 5.00. The summed E-state index contributed by atoms with van der Waals surface area (Å²) in [5.74, 6) is 0.317. The van der Waals surface area contributed by atoms with Gasteiger partial charge >= 0.3 is 12.4 Å². The van der Waals surface area contributed by atoms with Crippen LogP contribution in [0.15, 0.2) is 79.1 Å². The Hall–Kier alpha value is -3.49. The fraction of sp³-hybridized carbons (Fsp3) is 0.0952. The highest BCUT2D eigenvalue weighted by Crippen LogP contribution is 2.32. The van der Waals surface area contributed by atoms with Crippen molar-refractivity contribution in [2.75, 3.05) is 10.6 Å². The van der Waals surface area contributed by atoms with Crippen LogP contribution in [0.25, 0.3) is 11.1 Å². The summed E-state index contributed by atoms with van der Waals surface area (Å²) in [7, 11) is 0. The van der Waals surface area contributed by atoms with Gasteiger partial charge in [0, 0.05) is 23.1 Å². The van der Waals surface area contributed by atoms with Crippen molar-refractivity contribution >= 4 is 17.2 Å². The first-order valence-corrected chi connectivity index (χ1v) is 8.56. The Morgan fingerprint density at radius 2 is 1.50 bits per heavy atom. The molecule has 0 saturated heterocycles. The Morgan fingerprint density at radius 1 is 0.800 bits per heavy atom. The lowest BCUT2D eigenvalue weighted by Gasteiger charge is -2.13. The third-order valence-electron chi connectivity index (χ3n) is 4.06. The molecule has 0 saturated carbocycles. The molecule has 3 rings (SSSR count). The second-order valence-electron chi connectivity index (χ2n) is 6.32. The molecule has 0 bridgehead atoms. The quantitative estimate of drug-likeness (QED) is 0.434. The lowest BCUT2D eigenvalue weighted by atomic mass is 10.1. The van der Waals surface area contributed by atoms with Crippen LogP contribution in [0.1, 0.15) is 5.56 Å². The predicted molar refractivity (Wildman–Crippen MR) is 103 cm³/mol. The van der Waals surface area contributed by atoms with E-state index in [9.17, 15) is 26.3 Å². The van der Waals surface area contributed by atoms with Gasteiger partial charge in [-0.15, -0.1) is 0 Å². The Balaban J connectivity index is 1.75. The zero-order chi connectivity index (χ0) is 21.9. The molecule has 30 heavy (non-hydrogen) atoms. The molecule has 2 aromatic carbocycles. The van der Waals surface area contributed by atoms with Crippen LogP contribution in [0.2, 0.25) is 0 Å². The summed E-state index contributed by atoms with van der Waals surface area (Å²) in [6.07, 6.45) is -7.55. The van der Waals surface area contributed by atoms with E-state index in [1.807, 2.05) is 0 Å². The van der Waals surface area contributed by atoms with Gasteiger partial charge in [-0.05, 0) is 48.0 Å². The van der Waals surface area contributed by atoms with E-state index in [1.165, 1.54) is 30.5 Å². The first kappa shape index (κ1) is 21.2. The van der Waals surface area contributed by atoms with Gasteiger partial charge in [0.1, 0.15) is 11.5 Å². The van der Waals surface area contributed by atoms with E-state index >= 15 is 0 Å². The van der Waals surface area contributed by atoms with Gasteiger partial charge < -0.3 is 10.6 Å². The van der Waals surface area contributed by atoms with Crippen molar-refractivity contribution in [1.82, 2.24) is 4.98 Å². The monoisotopic (exact) mass is 423 g/mol. The maximum absolute atomic E-state index is 12.8. The molecule has 3 aromatic rings. The van der Waals surface area contributed by atoms with Crippen LogP contribution >= 0.6 is 0 Å². The summed E-state index contributed by atoms with van der Waals surface area (Å²) in [5.41, 5.74) is -0.214. The van der Waals surface area contributed by atoms with Crippen LogP contribution in [-0.2, 0) is 6.18 Å². The minimum absolute atomic E-state index is 0.209. The highest BCUT2D eigenvalue weighted by Gasteiger charge is 2.32. The number of nitrogens with one attached hydrogen (secondary N) is 2. The molecular formula is C21H15F6N3. The van der Waals surface area contributed by atoms with E-state index in [4.69, 9.17) is 0 Å². The standard InChI is InChI=1S/C21H15F6N3/c1-13(20(22,23)24)29-17-6-2-4-14(10-17)15-8-9-19(28-12-15)30-18-7-3-5-16(11-18)21(25,26)27/h2-12,29H,1H2,(H,28,30). The van der Waals surface area contributed by atoms with Crippen molar-refractivity contribution in [3.63, 3.8) is 0 Å². The van der Waals surface area contributed by atoms with Crippen LogP contribution in [0.3, 0.4) is 0 Å². The number of nitrogens with zero attached hydrogens (tertiary/aromatic N) is 1. The average Bonchev–Trinajstić information content (AvgIpc) is 2.68. The molecule has 3 nitrogen and oxygen atoms in total. The van der Waals surface area contributed by atoms with Gasteiger partial charge in [-0.2, -0.15) is 26.3 Å². The minimum atomic E-state index is -4.56. The molecule has 1 aromatic heterocycles. The molecule has 0 fully saturated rings. The second kappa shape index (κ2) is 8.10. The van der Waals surface area contributed by atoms with Gasteiger partial charge in [0.25, 0.3) is 0 Å². The topological polar surface area (TPSA) is 37.0 Å². The zero-order valence-electron chi connectivity index (χ0n) is 15.3. The smallest absolute Gasteiger partial charge is 0.352 e. The van der Waals surface area contributed by atoms with E-state index < -0.39 is 23.6 Å². The van der Waals surface area contributed by atoms with Crippen LogP contribution in [-0.4, -0.2) is 11.2 Å². The van der Waals surface area contributed by atoms with E-state index in [-0.39, 0.29) is 11.4 Å². The van der Waals surface area contributed by atoms with E-state index in [0.29, 0.717) is 16.9 Å². The largest absolute Gasteiger partial charge is 0.430 e. The first-order valence-electron chi connectivity index (χ1n) is 8.56. The fourth-order valence-electron chi connectivity index (χ4n) is 2.58. The molecule has 0 radical (unpaired) electrons. The Kier molecular flexibility index (Phi) is 5.73. The average molecular weight is 423 g/mol. The number of anilines is 3. The van der Waals surface area contributed by atoms with Gasteiger partial charge in [0.15, 0.2) is 0 Å². The number of alkyl halides is 6. The number of pyridine rings is 1. The minimum Gasteiger partial charge on any atom is -0.352 e. The van der Waals surface area contributed by atoms with Crippen molar-refractivity contribution in [3.05, 3.63) is 84.7 Å². The number of aromatic nitrogens is 1. The number of allylic oxidation sites excluding steroid dienone is 1. The summed E-state index contributed by atoms with van der Waals surface area (Å²) in [4.78, 5) is 4.16. The highest BCUT2D eigenvalue weighted by atomic mass is 19.4. The van der Waals surface area contributed by atoms with E-state index in [2.05, 4.69) is 22.2 Å². The molecule has 0 atom stereocenters. The maximum atomic E-state index is 12.8. The second-order valence-corrected chi connectivity index (χ2v) is 6.32. The molecule has 0 unspecified atom stereocenters. The maximum Gasteiger partial charge on any atom is 0.430 e. The number of halogens is 6. The molecule has 9 heteroatoms. The van der Waals surface area contributed by atoms with Crippen molar-refractivity contribution in [1.29, 1.82) is 0 Å². The number of hydrogen-bond donors (Lipinski definition) is 2. The molecule has 0 amide bonds. The van der Waals surface area contributed by atoms with Crippen LogP contribution in [0.4, 0.5) is 43.5 Å². The highest BCUT2D eigenvalue weighted by molar-refractivity contribution is 5.69. The molecule has 2 N–H and O–H groups in total. The van der Waals surface area contributed by atoms with Crippen molar-refractivity contribution < 1.29 is 26.3 Å². The molecule has 0 aliphatic rings. The van der Waals surface area contributed by atoms with Crippen molar-refractivity contribution in [2.24, 2.45) is 0 Å². The molecule has 1 heterocycles. The molecule has 0 spiro atoms. The summed E-state index contributed by atoms with van der Waals surface area (Å²) < 4.78 is 76.3. The van der Waals surface area contributed by atoms with Gasteiger partial charge in [-0.1, -0.05) is 24.8 Å². The van der Waals surface area contributed by atoms with Crippen LogP contribution < -0.4 is 10.6 Å². The fourth-order valence-corrected chi connectivity index (χ4v) is 2.58. The van der Waals surface area contributed by atoms with Gasteiger partial charge in [0.2, 0.25) is 0 Å². The lowest BCUT2D eigenvalue weighted by Crippen LogP contribution is -2.17. The van der Waals surface area contributed by atoms with Gasteiger partial charge in [-0.25, -0.2) is 4.98 Å².